The summed E-state index contributed by atoms with van der Waals surface area (Å²) in [5, 5.41) is 3.24. The van der Waals surface area contributed by atoms with Gasteiger partial charge in [-0.1, -0.05) is 15.9 Å². The van der Waals surface area contributed by atoms with E-state index >= 15 is 0 Å². The van der Waals surface area contributed by atoms with Crippen molar-refractivity contribution < 1.29 is 9.47 Å². The molecule has 0 radical (unpaired) electrons. The Balaban J connectivity index is 1.28. The number of rotatable bonds is 3. The van der Waals surface area contributed by atoms with E-state index in [1.807, 2.05) is 6.07 Å². The van der Waals surface area contributed by atoms with Crippen LogP contribution in [0.4, 0.5) is 5.82 Å². The quantitative estimate of drug-likeness (QED) is 0.612. The van der Waals surface area contributed by atoms with Gasteiger partial charge in [0.1, 0.15) is 30.2 Å². The lowest BCUT2D eigenvalue weighted by Crippen LogP contribution is -2.46. The lowest BCUT2D eigenvalue weighted by atomic mass is 10.1. The molecule has 27 heavy (non-hydrogen) atoms. The van der Waals surface area contributed by atoms with Gasteiger partial charge in [0.05, 0.1) is 5.39 Å². The Labute approximate surface area is 169 Å². The van der Waals surface area contributed by atoms with Gasteiger partial charge in [-0.05, 0) is 29.1 Å². The molecule has 6 nitrogen and oxygen atoms in total. The molecule has 4 heterocycles. The van der Waals surface area contributed by atoms with Gasteiger partial charge in [0.2, 0.25) is 0 Å². The van der Waals surface area contributed by atoms with Crippen LogP contribution in [0.1, 0.15) is 5.56 Å². The fourth-order valence-corrected chi connectivity index (χ4v) is 4.79. The molecule has 0 saturated carbocycles. The van der Waals surface area contributed by atoms with Crippen molar-refractivity contribution in [2.24, 2.45) is 0 Å². The number of benzene rings is 1. The summed E-state index contributed by atoms with van der Waals surface area (Å²) in [6.45, 7) is 6.04. The van der Waals surface area contributed by atoms with Gasteiger partial charge in [-0.3, -0.25) is 4.90 Å². The predicted molar refractivity (Wildman–Crippen MR) is 110 cm³/mol. The smallest absolute Gasteiger partial charge is 0.162 e. The topological polar surface area (TPSA) is 50.7 Å². The number of thiophene rings is 1. The van der Waals surface area contributed by atoms with E-state index < -0.39 is 0 Å². The van der Waals surface area contributed by atoms with E-state index in [0.29, 0.717) is 13.2 Å². The first-order valence-electron chi connectivity index (χ1n) is 9.01. The van der Waals surface area contributed by atoms with E-state index in [1.165, 1.54) is 5.56 Å². The van der Waals surface area contributed by atoms with Crippen molar-refractivity contribution in [2.45, 2.75) is 6.54 Å². The Morgan fingerprint density at radius 3 is 2.63 bits per heavy atom. The average molecular weight is 447 g/mol. The van der Waals surface area contributed by atoms with Crippen LogP contribution in [0.15, 0.2) is 34.4 Å². The summed E-state index contributed by atoms with van der Waals surface area (Å²) < 4.78 is 12.5. The summed E-state index contributed by atoms with van der Waals surface area (Å²) in [5.74, 6) is 2.73. The number of nitrogens with zero attached hydrogens (tertiary/aromatic N) is 4. The summed E-state index contributed by atoms with van der Waals surface area (Å²) in [5.41, 5.74) is 1.23. The van der Waals surface area contributed by atoms with Crippen molar-refractivity contribution in [3.8, 4) is 11.5 Å². The summed E-state index contributed by atoms with van der Waals surface area (Å²) in [7, 11) is 0. The van der Waals surface area contributed by atoms with Gasteiger partial charge in [0.25, 0.3) is 0 Å². The molecular formula is C19H19BrN4O2S. The minimum absolute atomic E-state index is 0.612. The van der Waals surface area contributed by atoms with E-state index in [1.54, 1.807) is 17.7 Å². The fraction of sp³-hybridized carbons (Fsp3) is 0.368. The lowest BCUT2D eigenvalue weighted by Gasteiger charge is -2.35. The number of fused-ring (bicyclic) bond motifs is 2. The molecule has 8 heteroatoms. The summed E-state index contributed by atoms with van der Waals surface area (Å²) in [6.07, 6.45) is 1.67. The van der Waals surface area contributed by atoms with Crippen LogP contribution in [0, 0.1) is 0 Å². The van der Waals surface area contributed by atoms with Crippen LogP contribution in [0.3, 0.4) is 0 Å². The van der Waals surface area contributed by atoms with Crippen molar-refractivity contribution in [1.82, 2.24) is 14.9 Å². The third kappa shape index (κ3) is 3.37. The summed E-state index contributed by atoms with van der Waals surface area (Å²) in [6, 6.07) is 6.24. The Kier molecular flexibility index (Phi) is 4.63. The zero-order valence-corrected chi connectivity index (χ0v) is 17.1. The maximum Gasteiger partial charge on any atom is 0.162 e. The molecule has 2 aliphatic heterocycles. The van der Waals surface area contributed by atoms with Gasteiger partial charge in [0.15, 0.2) is 11.5 Å². The van der Waals surface area contributed by atoms with Crippen molar-refractivity contribution in [2.75, 3.05) is 44.3 Å². The van der Waals surface area contributed by atoms with E-state index in [-0.39, 0.29) is 0 Å². The second-order valence-corrected chi connectivity index (χ2v) is 8.44. The number of hydrogen-bond donors (Lipinski definition) is 0. The molecule has 5 rings (SSSR count). The first kappa shape index (κ1) is 17.2. The van der Waals surface area contributed by atoms with Crippen molar-refractivity contribution in [3.05, 3.63) is 39.9 Å². The van der Waals surface area contributed by atoms with Crippen LogP contribution in [0.25, 0.3) is 10.2 Å². The average Bonchev–Trinajstić information content (AvgIpc) is 3.18. The van der Waals surface area contributed by atoms with E-state index in [9.17, 15) is 0 Å². The first-order chi connectivity index (χ1) is 13.3. The highest BCUT2D eigenvalue weighted by atomic mass is 79.9. The third-order valence-corrected chi connectivity index (χ3v) is 6.58. The van der Waals surface area contributed by atoms with Crippen molar-refractivity contribution in [3.63, 3.8) is 0 Å². The Morgan fingerprint density at radius 2 is 1.81 bits per heavy atom. The molecule has 0 amide bonds. The summed E-state index contributed by atoms with van der Waals surface area (Å²) in [4.78, 5) is 14.8. The van der Waals surface area contributed by atoms with Gasteiger partial charge in [0, 0.05) is 37.2 Å². The maximum atomic E-state index is 5.73. The number of anilines is 1. The predicted octanol–water partition coefficient (Wildman–Crippen LogP) is 3.55. The zero-order chi connectivity index (χ0) is 18.2. The highest BCUT2D eigenvalue weighted by Crippen LogP contribution is 2.36. The van der Waals surface area contributed by atoms with Crippen LogP contribution in [-0.2, 0) is 6.54 Å². The minimum Gasteiger partial charge on any atom is -0.486 e. The van der Waals surface area contributed by atoms with Gasteiger partial charge >= 0.3 is 0 Å². The molecule has 1 fully saturated rings. The lowest BCUT2D eigenvalue weighted by molar-refractivity contribution is 0.170. The Bertz CT molecular complexity index is 971. The van der Waals surface area contributed by atoms with Gasteiger partial charge in [-0.25, -0.2) is 9.97 Å². The molecule has 0 spiro atoms. The second-order valence-electron chi connectivity index (χ2n) is 6.69. The van der Waals surface area contributed by atoms with Crippen LogP contribution in [0.2, 0.25) is 0 Å². The van der Waals surface area contributed by atoms with E-state index in [4.69, 9.17) is 9.47 Å². The van der Waals surface area contributed by atoms with Crippen LogP contribution in [0.5, 0.6) is 11.5 Å². The molecular weight excluding hydrogens is 428 g/mol. The molecule has 3 aromatic rings. The summed E-state index contributed by atoms with van der Waals surface area (Å²) >= 11 is 5.35. The van der Waals surface area contributed by atoms with E-state index in [0.717, 1.165) is 64.7 Å². The molecule has 2 aliphatic rings. The number of ether oxygens (including phenoxy) is 2. The standard InChI is InChI=1S/C19H19BrN4O2S/c20-15-10-17-16(25-6-7-26-17)9-13(15)11-23-2-4-24(5-3-23)18-14-1-8-27-19(14)22-12-21-18/h1,8-10,12H,2-7,11H2. The molecule has 0 atom stereocenters. The van der Waals surface area contributed by atoms with Crippen molar-refractivity contribution in [1.29, 1.82) is 0 Å². The first-order valence-corrected chi connectivity index (χ1v) is 10.7. The van der Waals surface area contributed by atoms with Gasteiger partial charge in [-0.15, -0.1) is 11.3 Å². The number of hydrogen-bond acceptors (Lipinski definition) is 7. The Hall–Kier alpha value is -1.90. The van der Waals surface area contributed by atoms with Crippen LogP contribution < -0.4 is 14.4 Å². The number of halogens is 1. The van der Waals surface area contributed by atoms with Crippen LogP contribution in [-0.4, -0.2) is 54.3 Å². The Morgan fingerprint density at radius 1 is 1.04 bits per heavy atom. The molecule has 2 aromatic heterocycles. The largest absolute Gasteiger partial charge is 0.486 e. The number of piperazine rings is 1. The molecule has 0 unspecified atom stereocenters. The van der Waals surface area contributed by atoms with Gasteiger partial charge in [-0.2, -0.15) is 0 Å². The fourth-order valence-electron chi connectivity index (χ4n) is 3.61. The molecule has 1 saturated heterocycles. The normalized spacial score (nSPS) is 17.4. The molecule has 0 N–H and O–H groups in total. The highest BCUT2D eigenvalue weighted by molar-refractivity contribution is 9.10. The maximum absolute atomic E-state index is 5.73. The van der Waals surface area contributed by atoms with E-state index in [2.05, 4.69) is 53.2 Å². The monoisotopic (exact) mass is 446 g/mol. The molecule has 140 valence electrons. The molecule has 0 bridgehead atoms. The third-order valence-electron chi connectivity index (χ3n) is 5.02. The zero-order valence-electron chi connectivity index (χ0n) is 14.7. The number of aromatic nitrogens is 2. The SMILES string of the molecule is Brc1cc2c(cc1CN1CCN(c3ncnc4sccc34)CC1)OCCO2. The van der Waals surface area contributed by atoms with Crippen molar-refractivity contribution >= 4 is 43.3 Å². The van der Waals surface area contributed by atoms with Crippen LogP contribution >= 0.6 is 27.3 Å². The minimum atomic E-state index is 0.612. The highest BCUT2D eigenvalue weighted by Gasteiger charge is 2.22. The molecule has 1 aromatic carbocycles. The van der Waals surface area contributed by atoms with Gasteiger partial charge < -0.3 is 14.4 Å². The second kappa shape index (κ2) is 7.26. The molecule has 0 aliphatic carbocycles.